The minimum atomic E-state index is -4.14. The number of rotatable bonds is 11. The van der Waals surface area contributed by atoms with Crippen LogP contribution >= 0.6 is 7.82 Å². The number of aryl methyl sites for hydroxylation is 1. The van der Waals surface area contributed by atoms with Crippen LogP contribution in [0.25, 0.3) is 11.4 Å². The maximum Gasteiger partial charge on any atom is 0.477 e. The average molecular weight is 645 g/mol. The number of phosphoric ester groups is 1. The molecule has 0 aliphatic heterocycles. The normalized spacial score (nSPS) is 14.4. The number of phosphoric acid groups is 1. The molecule has 1 aliphatic rings. The lowest BCUT2D eigenvalue weighted by atomic mass is 10.1. The SMILES string of the molecule is CNC(=O)c1cn(COP(=O)(OC(C)(C)C)OC(C)(C)C)c(NC(=O)C2CC2)cc1=Nc1cccc(-c2nnn(C)n2)c1OC. The van der Waals surface area contributed by atoms with Gasteiger partial charge in [-0.1, -0.05) is 6.07 Å². The van der Waals surface area contributed by atoms with Crippen molar-refractivity contribution in [3.8, 4) is 17.1 Å². The van der Waals surface area contributed by atoms with Gasteiger partial charge >= 0.3 is 7.82 Å². The minimum Gasteiger partial charge on any atom is -0.494 e. The summed E-state index contributed by atoms with van der Waals surface area (Å²) in [6, 6.07) is 6.77. The predicted octanol–water partition coefficient (Wildman–Crippen LogP) is 4.34. The molecule has 1 fully saturated rings. The summed E-state index contributed by atoms with van der Waals surface area (Å²) in [7, 11) is 0.486. The molecule has 45 heavy (non-hydrogen) atoms. The number of nitrogens with one attached hydrogen (secondary N) is 2. The Kier molecular flexibility index (Phi) is 9.98. The van der Waals surface area contributed by atoms with E-state index in [0.29, 0.717) is 22.8 Å². The molecule has 4 rings (SSSR count). The molecule has 16 heteroatoms. The highest BCUT2D eigenvalue weighted by Crippen LogP contribution is 2.55. The zero-order chi connectivity index (χ0) is 33.2. The fraction of sp³-hybridized carbons (Fsp3) is 0.517. The number of nitrogens with zero attached hydrogens (tertiary/aromatic N) is 6. The van der Waals surface area contributed by atoms with E-state index in [1.807, 2.05) is 0 Å². The first-order valence-corrected chi connectivity index (χ1v) is 15.9. The number of carbonyl (C=O) groups excluding carboxylic acids is 2. The number of tetrazole rings is 1. The Hall–Kier alpha value is -3.91. The molecule has 0 radical (unpaired) electrons. The maximum atomic E-state index is 13.8. The lowest BCUT2D eigenvalue weighted by Crippen LogP contribution is -2.30. The van der Waals surface area contributed by atoms with Crippen LogP contribution in [0.3, 0.4) is 0 Å². The Balaban J connectivity index is 1.85. The number of aromatic nitrogens is 5. The average Bonchev–Trinajstić information content (AvgIpc) is 3.70. The Morgan fingerprint density at radius 3 is 2.31 bits per heavy atom. The second-order valence-electron chi connectivity index (χ2n) is 12.5. The van der Waals surface area contributed by atoms with Gasteiger partial charge in [0.1, 0.15) is 18.2 Å². The Bertz CT molecular complexity index is 1660. The van der Waals surface area contributed by atoms with Gasteiger partial charge in [-0.15, -0.1) is 10.2 Å². The third kappa shape index (κ3) is 9.07. The van der Waals surface area contributed by atoms with Gasteiger partial charge in [0.2, 0.25) is 11.7 Å². The molecule has 2 heterocycles. The Morgan fingerprint density at radius 1 is 1.11 bits per heavy atom. The third-order valence-electron chi connectivity index (χ3n) is 6.13. The quantitative estimate of drug-likeness (QED) is 0.286. The highest BCUT2D eigenvalue weighted by Gasteiger charge is 2.37. The first-order valence-electron chi connectivity index (χ1n) is 14.4. The van der Waals surface area contributed by atoms with Crippen LogP contribution in [0.1, 0.15) is 64.7 Å². The highest BCUT2D eigenvalue weighted by atomic mass is 31.2. The predicted molar refractivity (Wildman–Crippen MR) is 166 cm³/mol. The fourth-order valence-corrected chi connectivity index (χ4v) is 5.92. The van der Waals surface area contributed by atoms with Crippen molar-refractivity contribution in [1.29, 1.82) is 0 Å². The van der Waals surface area contributed by atoms with Gasteiger partial charge in [-0.25, -0.2) is 9.56 Å². The van der Waals surface area contributed by atoms with Gasteiger partial charge in [0, 0.05) is 25.2 Å². The first-order chi connectivity index (χ1) is 21.0. The van der Waals surface area contributed by atoms with E-state index in [0.717, 1.165) is 12.8 Å². The van der Waals surface area contributed by atoms with Gasteiger partial charge in [0.05, 0.1) is 41.8 Å². The number of para-hydroxylation sites is 1. The summed E-state index contributed by atoms with van der Waals surface area (Å²) < 4.78 is 38.2. The zero-order valence-electron chi connectivity index (χ0n) is 27.1. The van der Waals surface area contributed by atoms with Crippen molar-refractivity contribution in [2.75, 3.05) is 19.5 Å². The van der Waals surface area contributed by atoms with Gasteiger partial charge in [-0.05, 0) is 71.7 Å². The number of hydrogen-bond acceptors (Lipinski definition) is 11. The number of benzene rings is 1. The molecule has 0 atom stereocenters. The summed E-state index contributed by atoms with van der Waals surface area (Å²) in [6.07, 6.45) is 2.99. The third-order valence-corrected chi connectivity index (χ3v) is 8.10. The smallest absolute Gasteiger partial charge is 0.477 e. The molecule has 1 saturated carbocycles. The van der Waals surface area contributed by atoms with E-state index in [2.05, 4.69) is 26.0 Å². The topological polar surface area (TPSA) is 173 Å². The van der Waals surface area contributed by atoms with E-state index in [9.17, 15) is 14.2 Å². The van der Waals surface area contributed by atoms with Crippen LogP contribution in [0, 0.1) is 5.92 Å². The molecule has 0 saturated heterocycles. The molecule has 0 bridgehead atoms. The molecule has 1 aromatic carbocycles. The molecule has 244 valence electrons. The lowest BCUT2D eigenvalue weighted by Gasteiger charge is -2.31. The molecule has 1 aliphatic carbocycles. The zero-order valence-corrected chi connectivity index (χ0v) is 28.0. The van der Waals surface area contributed by atoms with Crippen molar-refractivity contribution in [3.63, 3.8) is 0 Å². The van der Waals surface area contributed by atoms with E-state index in [4.69, 9.17) is 23.3 Å². The highest BCUT2D eigenvalue weighted by molar-refractivity contribution is 7.48. The van der Waals surface area contributed by atoms with Crippen LogP contribution in [0.15, 0.2) is 35.5 Å². The number of ether oxygens (including phenoxy) is 1. The standard InChI is InChI=1S/C29H41N8O7P/c1-28(2,3)43-45(40,44-29(4,5)6)42-17-37-16-20(27(39)30-7)22(15-23(37)32-26(38)18-13-14-18)31-21-12-10-11-19(24(21)41-9)25-33-35-36(8)34-25/h10-12,15-16,18H,13-14,17H2,1-9H3,(H,30,39)(H,32,38). The Morgan fingerprint density at radius 2 is 1.78 bits per heavy atom. The van der Waals surface area contributed by atoms with Gasteiger partial charge in [-0.3, -0.25) is 23.2 Å². The fourth-order valence-electron chi connectivity index (χ4n) is 4.17. The molecule has 0 spiro atoms. The Labute approximate surface area is 261 Å². The van der Waals surface area contributed by atoms with Gasteiger partial charge in [0.25, 0.3) is 5.91 Å². The van der Waals surface area contributed by atoms with Crippen molar-refractivity contribution in [1.82, 2.24) is 30.1 Å². The van der Waals surface area contributed by atoms with Crippen LogP contribution in [0.4, 0.5) is 11.5 Å². The summed E-state index contributed by atoms with van der Waals surface area (Å²) in [5.74, 6) is 0.148. The first kappa shape index (κ1) is 34.0. The molecule has 15 nitrogen and oxygen atoms in total. The van der Waals surface area contributed by atoms with Crippen LogP contribution in [0.2, 0.25) is 0 Å². The summed E-state index contributed by atoms with van der Waals surface area (Å²) in [4.78, 5) is 32.2. The van der Waals surface area contributed by atoms with Gasteiger partial charge in [-0.2, -0.15) is 4.80 Å². The molecule has 3 aromatic rings. The van der Waals surface area contributed by atoms with E-state index < -0.39 is 24.9 Å². The van der Waals surface area contributed by atoms with Crippen LogP contribution in [-0.4, -0.2) is 61.9 Å². The monoisotopic (exact) mass is 644 g/mol. The maximum absolute atomic E-state index is 13.8. The largest absolute Gasteiger partial charge is 0.494 e. The van der Waals surface area contributed by atoms with E-state index in [1.54, 1.807) is 72.9 Å². The number of amides is 2. The molecule has 2 N–H and O–H groups in total. The summed E-state index contributed by atoms with van der Waals surface area (Å²) >= 11 is 0. The van der Waals surface area contributed by atoms with Crippen molar-refractivity contribution in [2.45, 2.75) is 72.3 Å². The lowest BCUT2D eigenvalue weighted by molar-refractivity contribution is -0.117. The molecule has 2 amide bonds. The number of pyridine rings is 1. The van der Waals surface area contributed by atoms with E-state index >= 15 is 0 Å². The van der Waals surface area contributed by atoms with Crippen LogP contribution in [-0.2, 0) is 36.7 Å². The van der Waals surface area contributed by atoms with Crippen LogP contribution in [0.5, 0.6) is 5.75 Å². The number of hydrogen-bond donors (Lipinski definition) is 2. The van der Waals surface area contributed by atoms with E-state index in [1.165, 1.54) is 29.7 Å². The summed E-state index contributed by atoms with van der Waals surface area (Å²) in [6.45, 7) is 9.99. The number of anilines is 1. The second-order valence-corrected chi connectivity index (χ2v) is 14.0. The van der Waals surface area contributed by atoms with Gasteiger partial charge < -0.3 is 19.9 Å². The van der Waals surface area contributed by atoms with Crippen LogP contribution < -0.4 is 20.7 Å². The number of methoxy groups -OCH3 is 1. The molecule has 0 unspecified atom stereocenters. The number of carbonyl (C=O) groups is 2. The van der Waals surface area contributed by atoms with Gasteiger partial charge in [0.15, 0.2) is 5.75 Å². The van der Waals surface area contributed by atoms with Crippen molar-refractivity contribution in [3.05, 3.63) is 41.4 Å². The van der Waals surface area contributed by atoms with Crippen molar-refractivity contribution in [2.24, 2.45) is 18.0 Å². The van der Waals surface area contributed by atoms with E-state index in [-0.39, 0.29) is 35.3 Å². The summed E-state index contributed by atoms with van der Waals surface area (Å²) in [5.41, 5.74) is -0.664. The second kappa shape index (κ2) is 13.2. The van der Waals surface area contributed by atoms with Crippen molar-refractivity contribution >= 4 is 31.1 Å². The molecular weight excluding hydrogens is 603 g/mol. The summed E-state index contributed by atoms with van der Waals surface area (Å²) in [5, 5.41) is 18.0. The minimum absolute atomic E-state index is 0.130. The molecular formula is C29H41N8O7P. The molecule has 2 aromatic heterocycles. The van der Waals surface area contributed by atoms with Crippen molar-refractivity contribution < 1.29 is 32.5 Å².